The van der Waals surface area contributed by atoms with Crippen LogP contribution in [0.25, 0.3) is 0 Å². The van der Waals surface area contributed by atoms with Crippen LogP contribution in [0.2, 0.25) is 0 Å². The van der Waals surface area contributed by atoms with E-state index in [9.17, 15) is 14.9 Å². The first-order valence-corrected chi connectivity index (χ1v) is 8.92. The van der Waals surface area contributed by atoms with E-state index in [1.54, 1.807) is 23.9 Å². The van der Waals surface area contributed by atoms with Crippen molar-refractivity contribution in [2.24, 2.45) is 0 Å². The van der Waals surface area contributed by atoms with Crippen LogP contribution in [0.15, 0.2) is 54.6 Å². The molecular formula is C18H18N3O3S+. The van der Waals surface area contributed by atoms with Gasteiger partial charge in [0.05, 0.1) is 11.5 Å². The van der Waals surface area contributed by atoms with Crippen LogP contribution in [0, 0.1) is 10.1 Å². The lowest BCUT2D eigenvalue weighted by molar-refractivity contribution is -0.505. The molecule has 1 heterocycles. The fourth-order valence-electron chi connectivity index (χ4n) is 2.59. The Morgan fingerprint density at radius 1 is 1.20 bits per heavy atom. The summed E-state index contributed by atoms with van der Waals surface area (Å²) in [6.07, 6.45) is 0. The van der Waals surface area contributed by atoms with Crippen molar-refractivity contribution in [3.05, 3.63) is 75.8 Å². The number of carbonyl (C=O) groups excluding carboxylic acids is 1. The molecule has 0 saturated carbocycles. The summed E-state index contributed by atoms with van der Waals surface area (Å²) < 4.78 is 1.99. The molecule has 3 rings (SSSR count). The van der Waals surface area contributed by atoms with Crippen molar-refractivity contribution in [2.75, 3.05) is 18.8 Å². The Morgan fingerprint density at radius 2 is 2.00 bits per heavy atom. The first kappa shape index (κ1) is 17.2. The van der Waals surface area contributed by atoms with Crippen molar-refractivity contribution in [3.63, 3.8) is 0 Å². The zero-order valence-corrected chi connectivity index (χ0v) is 14.4. The van der Waals surface area contributed by atoms with E-state index in [-0.39, 0.29) is 18.0 Å². The number of nitrogens with one attached hydrogen (secondary N) is 1. The molecule has 0 saturated heterocycles. The quantitative estimate of drug-likeness (QED) is 0.373. The number of rotatable bonds is 6. The van der Waals surface area contributed by atoms with Crippen LogP contribution in [-0.2, 0) is 6.54 Å². The lowest BCUT2D eigenvalue weighted by Crippen LogP contribution is -2.31. The SMILES string of the molecule is O=C(C[N+]1=C(NCc2ccccc2)SCC1)c1cccc([N+](=O)[O-])c1. The maximum Gasteiger partial charge on any atom is 0.307 e. The van der Waals surface area contributed by atoms with Crippen molar-refractivity contribution in [1.29, 1.82) is 0 Å². The third-order valence-electron chi connectivity index (χ3n) is 3.89. The molecule has 1 aliphatic heterocycles. The molecule has 0 bridgehead atoms. The van der Waals surface area contributed by atoms with Gasteiger partial charge in [0.1, 0.15) is 13.1 Å². The average molecular weight is 356 g/mol. The van der Waals surface area contributed by atoms with Gasteiger partial charge in [-0.25, -0.2) is 4.58 Å². The van der Waals surface area contributed by atoms with Gasteiger partial charge in [-0.2, -0.15) is 0 Å². The van der Waals surface area contributed by atoms with E-state index in [1.807, 2.05) is 34.9 Å². The summed E-state index contributed by atoms with van der Waals surface area (Å²) in [4.78, 5) is 22.9. The summed E-state index contributed by atoms with van der Waals surface area (Å²) in [5.41, 5.74) is 1.48. The number of ketones is 1. The predicted molar refractivity (Wildman–Crippen MR) is 98.2 cm³/mol. The molecule has 7 heteroatoms. The minimum Gasteiger partial charge on any atom is -0.290 e. The number of nitro benzene ring substituents is 1. The smallest absolute Gasteiger partial charge is 0.290 e. The molecule has 25 heavy (non-hydrogen) atoms. The number of non-ortho nitro benzene ring substituents is 1. The van der Waals surface area contributed by atoms with Crippen LogP contribution in [0.1, 0.15) is 15.9 Å². The van der Waals surface area contributed by atoms with Crippen molar-refractivity contribution in [3.8, 4) is 0 Å². The second-order valence-corrected chi connectivity index (χ2v) is 6.73. The highest BCUT2D eigenvalue weighted by Gasteiger charge is 2.24. The first-order chi connectivity index (χ1) is 12.1. The maximum absolute atomic E-state index is 12.5. The minimum atomic E-state index is -0.485. The van der Waals surface area contributed by atoms with Crippen molar-refractivity contribution < 1.29 is 14.3 Å². The topological polar surface area (TPSA) is 75.2 Å². The number of nitrogens with zero attached hydrogens (tertiary/aromatic N) is 2. The van der Waals surface area contributed by atoms with E-state index in [2.05, 4.69) is 5.32 Å². The molecule has 1 N–H and O–H groups in total. The highest BCUT2D eigenvalue weighted by Crippen LogP contribution is 2.15. The van der Waals surface area contributed by atoms with Gasteiger partial charge in [-0.1, -0.05) is 42.5 Å². The van der Waals surface area contributed by atoms with E-state index >= 15 is 0 Å². The lowest BCUT2D eigenvalue weighted by Gasteiger charge is -2.05. The third kappa shape index (κ3) is 4.45. The Morgan fingerprint density at radius 3 is 2.76 bits per heavy atom. The van der Waals surface area contributed by atoms with Crippen molar-refractivity contribution >= 4 is 28.4 Å². The summed E-state index contributed by atoms with van der Waals surface area (Å²) in [5, 5.41) is 15.2. The number of nitro groups is 1. The monoisotopic (exact) mass is 356 g/mol. The summed E-state index contributed by atoms with van der Waals surface area (Å²) in [7, 11) is 0. The fraction of sp³-hybridized carbons (Fsp3) is 0.222. The van der Waals surface area contributed by atoms with Gasteiger partial charge < -0.3 is 0 Å². The Balaban J connectivity index is 1.68. The third-order valence-corrected chi connectivity index (χ3v) is 4.95. The molecule has 0 aliphatic carbocycles. The molecule has 1 aliphatic rings. The molecule has 0 amide bonds. The number of thioether (sulfide) groups is 1. The standard InChI is InChI=1S/C18H17N3O3S/c22-17(15-7-4-8-16(11-15)21(23)24)13-20-9-10-25-18(20)19-12-14-5-2-1-3-6-14/h1-8,11H,9-10,12-13H2/p+1. The van der Waals surface area contributed by atoms with Crippen molar-refractivity contribution in [2.45, 2.75) is 6.54 Å². The summed E-state index contributed by atoms with van der Waals surface area (Å²) in [6.45, 7) is 1.69. The molecule has 0 spiro atoms. The van der Waals surface area contributed by atoms with Gasteiger partial charge in [0, 0.05) is 23.4 Å². The van der Waals surface area contributed by atoms with E-state index in [1.165, 1.54) is 17.7 Å². The van der Waals surface area contributed by atoms with Crippen molar-refractivity contribution in [1.82, 2.24) is 5.32 Å². The Labute approximate surface area is 149 Å². The number of hydrogen-bond acceptors (Lipinski definition) is 5. The van der Waals surface area contributed by atoms with Crippen LogP contribution in [0.3, 0.4) is 0 Å². The molecule has 2 aromatic rings. The number of carbonyl (C=O) groups is 1. The summed E-state index contributed by atoms with van der Waals surface area (Å²) in [5.74, 6) is 0.796. The van der Waals surface area contributed by atoms with Crippen LogP contribution in [-0.4, -0.2) is 39.3 Å². The highest BCUT2D eigenvalue weighted by molar-refractivity contribution is 8.13. The molecule has 6 nitrogen and oxygen atoms in total. The molecule has 0 aromatic heterocycles. The lowest BCUT2D eigenvalue weighted by atomic mass is 10.1. The van der Waals surface area contributed by atoms with Crippen LogP contribution < -0.4 is 5.32 Å². The van der Waals surface area contributed by atoms with Crippen LogP contribution in [0.5, 0.6) is 0 Å². The largest absolute Gasteiger partial charge is 0.307 e. The highest BCUT2D eigenvalue weighted by atomic mass is 32.2. The number of amidine groups is 1. The van der Waals surface area contributed by atoms with Crippen LogP contribution in [0.4, 0.5) is 5.69 Å². The zero-order valence-electron chi connectivity index (χ0n) is 13.6. The van der Waals surface area contributed by atoms with Gasteiger partial charge in [-0.05, 0) is 17.3 Å². The second kappa shape index (κ2) is 7.94. The van der Waals surface area contributed by atoms with E-state index < -0.39 is 4.92 Å². The average Bonchev–Trinajstić information content (AvgIpc) is 3.08. The zero-order chi connectivity index (χ0) is 17.6. The molecule has 128 valence electrons. The number of benzene rings is 2. The molecule has 0 fully saturated rings. The predicted octanol–water partition coefficient (Wildman–Crippen LogP) is 2.68. The van der Waals surface area contributed by atoms with Gasteiger partial charge in [0.15, 0.2) is 0 Å². The molecular weight excluding hydrogens is 338 g/mol. The van der Waals surface area contributed by atoms with E-state index in [0.29, 0.717) is 12.1 Å². The summed E-state index contributed by atoms with van der Waals surface area (Å²) >= 11 is 1.69. The van der Waals surface area contributed by atoms with Gasteiger partial charge in [0.25, 0.3) is 5.69 Å². The molecule has 0 radical (unpaired) electrons. The fourth-order valence-corrected chi connectivity index (χ4v) is 3.61. The summed E-state index contributed by atoms with van der Waals surface area (Å²) in [6, 6.07) is 15.9. The van der Waals surface area contributed by atoms with Gasteiger partial charge in [-0.15, -0.1) is 0 Å². The Hall–Kier alpha value is -2.67. The van der Waals surface area contributed by atoms with Crippen LogP contribution >= 0.6 is 11.8 Å². The molecule has 2 aromatic carbocycles. The Kier molecular flexibility index (Phi) is 5.45. The van der Waals surface area contributed by atoms with E-state index in [0.717, 1.165) is 17.5 Å². The van der Waals surface area contributed by atoms with Gasteiger partial charge >= 0.3 is 5.17 Å². The Bertz CT molecular complexity index is 821. The van der Waals surface area contributed by atoms with E-state index in [4.69, 9.17) is 0 Å². The number of Topliss-reactive ketones (excluding diaryl/α,β-unsaturated/α-hetero) is 1. The molecule has 0 unspecified atom stereocenters. The normalized spacial score (nSPS) is 13.8. The van der Waals surface area contributed by atoms with Gasteiger partial charge in [0.2, 0.25) is 5.78 Å². The van der Waals surface area contributed by atoms with Gasteiger partial charge in [-0.3, -0.25) is 20.2 Å². The minimum absolute atomic E-state index is 0.0620. The number of hydrogen-bond donors (Lipinski definition) is 1. The second-order valence-electron chi connectivity index (χ2n) is 5.64. The molecule has 0 atom stereocenters. The maximum atomic E-state index is 12.5. The first-order valence-electron chi connectivity index (χ1n) is 7.93.